The molecule has 1 aromatic carbocycles. The van der Waals surface area contributed by atoms with E-state index in [4.69, 9.17) is 10.3 Å². The zero-order valence-corrected chi connectivity index (χ0v) is 15.7. The molecule has 3 rings (SSSR count). The summed E-state index contributed by atoms with van der Waals surface area (Å²) >= 11 is 1.23. The predicted octanol–water partition coefficient (Wildman–Crippen LogP) is 3.41. The Balaban J connectivity index is 1.63. The van der Waals surface area contributed by atoms with Crippen molar-refractivity contribution in [3.05, 3.63) is 47.9 Å². The Hall–Kier alpha value is -2.74. The molecule has 0 unspecified atom stereocenters. The van der Waals surface area contributed by atoms with Gasteiger partial charge in [-0.1, -0.05) is 37.7 Å². The van der Waals surface area contributed by atoms with Crippen LogP contribution in [0.15, 0.2) is 46.2 Å². The van der Waals surface area contributed by atoms with Crippen LogP contribution >= 0.6 is 11.8 Å². The molecule has 0 spiro atoms. The molecule has 0 aliphatic rings. The van der Waals surface area contributed by atoms with Crippen LogP contribution in [0.5, 0.6) is 0 Å². The fraction of sp³-hybridized carbons (Fsp3) is 0.278. The number of aryl methyl sites for hydroxylation is 1. The first-order valence-electron chi connectivity index (χ1n) is 8.23. The van der Waals surface area contributed by atoms with Crippen molar-refractivity contribution in [1.29, 1.82) is 0 Å². The van der Waals surface area contributed by atoms with E-state index in [0.717, 1.165) is 11.3 Å². The highest BCUT2D eigenvalue weighted by Crippen LogP contribution is 2.25. The number of nitrogens with two attached hydrogens (primary N) is 1. The molecule has 136 valence electrons. The summed E-state index contributed by atoms with van der Waals surface area (Å²) in [5, 5.41) is 11.5. The van der Waals surface area contributed by atoms with Gasteiger partial charge in [0.15, 0.2) is 5.82 Å². The van der Waals surface area contributed by atoms with E-state index in [1.165, 1.54) is 22.0 Å². The number of rotatable bonds is 6. The molecule has 8 heteroatoms. The highest BCUT2D eigenvalue weighted by atomic mass is 32.2. The molecule has 26 heavy (non-hydrogen) atoms. The van der Waals surface area contributed by atoms with Crippen molar-refractivity contribution in [1.82, 2.24) is 14.9 Å². The van der Waals surface area contributed by atoms with E-state index in [2.05, 4.69) is 29.4 Å². The number of hydrogen-bond donors (Lipinski definition) is 2. The number of hydrogen-bond acceptors (Lipinski definition) is 6. The molecule has 1 amide bonds. The smallest absolute Gasteiger partial charge is 0.234 e. The first kappa shape index (κ1) is 18.1. The third-order valence-electron chi connectivity index (χ3n) is 3.93. The van der Waals surface area contributed by atoms with Crippen molar-refractivity contribution in [2.75, 3.05) is 16.9 Å². The maximum Gasteiger partial charge on any atom is 0.234 e. The van der Waals surface area contributed by atoms with Crippen LogP contribution in [-0.4, -0.2) is 26.5 Å². The number of anilines is 1. The number of carbonyl (C=O) groups is 1. The number of furan rings is 1. The molecule has 0 bridgehead atoms. The Morgan fingerprint density at radius 2 is 2.15 bits per heavy atom. The van der Waals surface area contributed by atoms with Crippen LogP contribution in [0.2, 0.25) is 0 Å². The summed E-state index contributed by atoms with van der Waals surface area (Å²) in [7, 11) is 0. The fourth-order valence-corrected chi connectivity index (χ4v) is 3.14. The summed E-state index contributed by atoms with van der Waals surface area (Å²) in [5.41, 5.74) is 2.74. The summed E-state index contributed by atoms with van der Waals surface area (Å²) in [4.78, 5) is 12.2. The van der Waals surface area contributed by atoms with Crippen LogP contribution in [0.1, 0.15) is 31.1 Å². The van der Waals surface area contributed by atoms with Gasteiger partial charge in [-0.25, -0.2) is 4.68 Å². The number of nitrogens with one attached hydrogen (secondary N) is 1. The van der Waals surface area contributed by atoms with Crippen LogP contribution in [0.25, 0.3) is 11.4 Å². The third-order valence-corrected chi connectivity index (χ3v) is 4.88. The number of nitrogens with zero attached hydrogens (tertiary/aromatic N) is 3. The van der Waals surface area contributed by atoms with E-state index in [1.807, 2.05) is 31.2 Å². The lowest BCUT2D eigenvalue weighted by molar-refractivity contribution is -0.113. The SMILES string of the molecule is Cc1occc1-c1nnc(SCC(=O)Nc2cccc(C(C)C)c2)n1N. The Labute approximate surface area is 156 Å². The van der Waals surface area contributed by atoms with Crippen LogP contribution in [0.4, 0.5) is 5.69 Å². The second kappa shape index (κ2) is 7.65. The lowest BCUT2D eigenvalue weighted by atomic mass is 10.0. The summed E-state index contributed by atoms with van der Waals surface area (Å²) in [6.07, 6.45) is 1.57. The van der Waals surface area contributed by atoms with Crippen molar-refractivity contribution in [2.45, 2.75) is 31.8 Å². The Bertz CT molecular complexity index is 916. The summed E-state index contributed by atoms with van der Waals surface area (Å²) < 4.78 is 6.64. The number of thioether (sulfide) groups is 1. The van der Waals surface area contributed by atoms with Crippen LogP contribution < -0.4 is 11.2 Å². The minimum absolute atomic E-state index is 0.125. The molecule has 0 saturated heterocycles. The van der Waals surface area contributed by atoms with Gasteiger partial charge >= 0.3 is 0 Å². The lowest BCUT2D eigenvalue weighted by Gasteiger charge is -2.09. The molecule has 0 aliphatic heterocycles. The quantitative estimate of drug-likeness (QED) is 0.509. The van der Waals surface area contributed by atoms with Crippen LogP contribution in [0.3, 0.4) is 0 Å². The van der Waals surface area contributed by atoms with Gasteiger partial charge in [-0.15, -0.1) is 10.2 Å². The van der Waals surface area contributed by atoms with Gasteiger partial charge in [0.2, 0.25) is 11.1 Å². The molecule has 3 aromatic rings. The zero-order chi connectivity index (χ0) is 18.7. The predicted molar refractivity (Wildman–Crippen MR) is 102 cm³/mol. The van der Waals surface area contributed by atoms with E-state index in [-0.39, 0.29) is 11.7 Å². The van der Waals surface area contributed by atoms with Gasteiger partial charge in [-0.2, -0.15) is 0 Å². The second-order valence-corrected chi connectivity index (χ2v) is 7.13. The highest BCUT2D eigenvalue weighted by molar-refractivity contribution is 7.99. The van der Waals surface area contributed by atoms with Crippen LogP contribution in [0, 0.1) is 6.92 Å². The zero-order valence-electron chi connectivity index (χ0n) is 14.9. The first-order chi connectivity index (χ1) is 12.5. The first-order valence-corrected chi connectivity index (χ1v) is 9.22. The number of benzene rings is 1. The molecule has 0 radical (unpaired) electrons. The fourth-order valence-electron chi connectivity index (χ4n) is 2.48. The molecule has 0 atom stereocenters. The number of aromatic nitrogens is 3. The minimum Gasteiger partial charge on any atom is -0.469 e. The molecule has 3 N–H and O–H groups in total. The normalized spacial score (nSPS) is 11.1. The second-order valence-electron chi connectivity index (χ2n) is 6.18. The van der Waals surface area contributed by atoms with Crippen molar-refractivity contribution in [3.8, 4) is 11.4 Å². The summed E-state index contributed by atoms with van der Waals surface area (Å²) in [5.74, 6) is 7.73. The molecular formula is C18H21N5O2S. The maximum absolute atomic E-state index is 12.2. The maximum atomic E-state index is 12.2. The van der Waals surface area contributed by atoms with Crippen molar-refractivity contribution in [2.24, 2.45) is 0 Å². The molecule has 2 aromatic heterocycles. The Morgan fingerprint density at radius 3 is 2.85 bits per heavy atom. The van der Waals surface area contributed by atoms with Crippen LogP contribution in [-0.2, 0) is 4.79 Å². The summed E-state index contributed by atoms with van der Waals surface area (Å²) in [6, 6.07) is 9.63. The van der Waals surface area contributed by atoms with Gasteiger partial charge in [0.25, 0.3) is 0 Å². The van der Waals surface area contributed by atoms with Gasteiger partial charge in [0.05, 0.1) is 17.6 Å². The van der Waals surface area contributed by atoms with Gasteiger partial charge in [0, 0.05) is 5.69 Å². The molecule has 0 saturated carbocycles. The van der Waals surface area contributed by atoms with Gasteiger partial charge in [0.1, 0.15) is 5.76 Å². The van der Waals surface area contributed by atoms with Crippen molar-refractivity contribution < 1.29 is 9.21 Å². The topological polar surface area (TPSA) is 99.0 Å². The number of nitrogen functional groups attached to an aromatic ring is 1. The summed E-state index contributed by atoms with van der Waals surface area (Å²) in [6.45, 7) is 6.06. The van der Waals surface area contributed by atoms with Crippen molar-refractivity contribution >= 4 is 23.4 Å². The molecule has 0 fully saturated rings. The van der Waals surface area contributed by atoms with Gasteiger partial charge in [-0.3, -0.25) is 4.79 Å². The minimum atomic E-state index is -0.125. The molecular weight excluding hydrogens is 350 g/mol. The van der Waals surface area contributed by atoms with Crippen molar-refractivity contribution in [3.63, 3.8) is 0 Å². The number of amides is 1. The monoisotopic (exact) mass is 371 g/mol. The average Bonchev–Trinajstić information content (AvgIpc) is 3.18. The third kappa shape index (κ3) is 3.91. The van der Waals surface area contributed by atoms with E-state index >= 15 is 0 Å². The molecule has 2 heterocycles. The Morgan fingerprint density at radius 1 is 1.35 bits per heavy atom. The van der Waals surface area contributed by atoms with E-state index < -0.39 is 0 Å². The lowest BCUT2D eigenvalue weighted by Crippen LogP contribution is -2.16. The number of carbonyl (C=O) groups excluding carboxylic acids is 1. The van der Waals surface area contributed by atoms with E-state index in [9.17, 15) is 4.79 Å². The van der Waals surface area contributed by atoms with Gasteiger partial charge < -0.3 is 15.6 Å². The molecule has 7 nitrogen and oxygen atoms in total. The largest absolute Gasteiger partial charge is 0.469 e. The van der Waals surface area contributed by atoms with E-state index in [0.29, 0.717) is 22.7 Å². The standard InChI is InChI=1S/C18H21N5O2S/c1-11(2)13-5-4-6-14(9-13)20-16(24)10-26-18-22-21-17(23(18)19)15-7-8-25-12(15)3/h4-9,11H,10,19H2,1-3H3,(H,20,24). The molecule has 0 aliphatic carbocycles. The average molecular weight is 371 g/mol. The Kier molecular flexibility index (Phi) is 5.32. The highest BCUT2D eigenvalue weighted by Gasteiger charge is 2.16. The van der Waals surface area contributed by atoms with Gasteiger partial charge in [-0.05, 0) is 36.6 Å². The van der Waals surface area contributed by atoms with E-state index in [1.54, 1.807) is 12.3 Å².